The lowest BCUT2D eigenvalue weighted by Gasteiger charge is -2.24. The van der Waals surface area contributed by atoms with Gasteiger partial charge in [-0.25, -0.2) is 9.97 Å². The van der Waals surface area contributed by atoms with E-state index >= 15 is 0 Å². The molecule has 0 atom stereocenters. The summed E-state index contributed by atoms with van der Waals surface area (Å²) in [6.45, 7) is 6.53. The van der Waals surface area contributed by atoms with E-state index in [0.717, 1.165) is 20.9 Å². The number of rotatable bonds is 2. The second kappa shape index (κ2) is 6.52. The molecule has 0 aliphatic heterocycles. The van der Waals surface area contributed by atoms with Gasteiger partial charge in [0.15, 0.2) is 0 Å². The number of hydrogen-bond donors (Lipinski definition) is 0. The molecule has 2 heterocycles. The van der Waals surface area contributed by atoms with Gasteiger partial charge in [0, 0.05) is 32.1 Å². The Balaban J connectivity index is 2.45. The highest BCUT2D eigenvalue weighted by molar-refractivity contribution is 9.10. The fourth-order valence-corrected chi connectivity index (χ4v) is 4.51. The van der Waals surface area contributed by atoms with Crippen LogP contribution in [0.2, 0.25) is 10.3 Å². The molecule has 0 unspecified atom stereocenters. The Kier molecular flexibility index (Phi) is 4.91. The van der Waals surface area contributed by atoms with Crippen molar-refractivity contribution in [1.82, 2.24) is 14.5 Å². The van der Waals surface area contributed by atoms with Crippen LogP contribution >= 0.6 is 50.9 Å². The zero-order valence-electron chi connectivity index (χ0n) is 13.7. The van der Waals surface area contributed by atoms with Gasteiger partial charge >= 0.3 is 0 Å². The summed E-state index contributed by atoms with van der Waals surface area (Å²) in [6, 6.07) is 4.14. The van der Waals surface area contributed by atoms with Gasteiger partial charge in [0.1, 0.15) is 0 Å². The maximum atomic E-state index is 6.35. The maximum Gasteiger partial charge on any atom is 0.222 e. The van der Waals surface area contributed by atoms with Crippen molar-refractivity contribution >= 4 is 61.8 Å². The minimum Gasteiger partial charge on any atom is -0.341 e. The highest BCUT2D eigenvalue weighted by atomic mass is 79.9. The van der Waals surface area contributed by atoms with Gasteiger partial charge < -0.3 is 4.57 Å². The third-order valence-electron chi connectivity index (χ3n) is 3.77. The monoisotopic (exact) mass is 443 g/mol. The van der Waals surface area contributed by atoms with Crippen LogP contribution in [0.1, 0.15) is 20.8 Å². The summed E-state index contributed by atoms with van der Waals surface area (Å²) in [4.78, 5) is 9.49. The highest BCUT2D eigenvalue weighted by Crippen LogP contribution is 2.42. The molecule has 7 heteroatoms. The van der Waals surface area contributed by atoms with E-state index in [0.29, 0.717) is 10.7 Å². The number of halogens is 3. The molecule has 1 aromatic carbocycles. The zero-order valence-corrected chi connectivity index (χ0v) is 17.6. The molecule has 3 aromatic rings. The predicted molar refractivity (Wildman–Crippen MR) is 107 cm³/mol. The van der Waals surface area contributed by atoms with Gasteiger partial charge in [0.25, 0.3) is 0 Å². The molecule has 0 N–H and O–H groups in total. The number of aromatic nitrogens is 3. The van der Waals surface area contributed by atoms with Gasteiger partial charge in [-0.1, -0.05) is 17.7 Å². The molecule has 0 radical (unpaired) electrons. The molecule has 24 heavy (non-hydrogen) atoms. The lowest BCUT2D eigenvalue weighted by atomic mass is 10.1. The molecule has 0 saturated carbocycles. The minimum absolute atomic E-state index is 0.0922. The van der Waals surface area contributed by atoms with Crippen molar-refractivity contribution in [2.24, 2.45) is 0 Å². The number of fused-ring (bicyclic) bond motifs is 1. The first kappa shape index (κ1) is 18.1. The van der Waals surface area contributed by atoms with Crippen LogP contribution in [0, 0.1) is 0 Å². The summed E-state index contributed by atoms with van der Waals surface area (Å²) in [6.07, 6.45) is 5.72. The Bertz CT molecular complexity index is 932. The summed E-state index contributed by atoms with van der Waals surface area (Å²) >= 11 is 17.7. The predicted octanol–water partition coefficient (Wildman–Crippen LogP) is 6.64. The van der Waals surface area contributed by atoms with Gasteiger partial charge in [0.2, 0.25) is 5.28 Å². The molecule has 0 saturated heterocycles. The first-order chi connectivity index (χ1) is 11.2. The Morgan fingerprint density at radius 3 is 2.54 bits per heavy atom. The molecular formula is C17H16BrCl2N3S. The third-order valence-corrected chi connectivity index (χ3v) is 5.97. The van der Waals surface area contributed by atoms with Crippen LogP contribution in [-0.2, 0) is 5.54 Å². The van der Waals surface area contributed by atoms with Crippen LogP contribution in [0.25, 0.3) is 22.2 Å². The minimum atomic E-state index is -0.0922. The second-order valence-electron chi connectivity index (χ2n) is 6.40. The lowest BCUT2D eigenvalue weighted by Crippen LogP contribution is -2.20. The fraction of sp³-hybridized carbons (Fsp3) is 0.294. The summed E-state index contributed by atoms with van der Waals surface area (Å²) in [5.74, 6) is 0. The summed E-state index contributed by atoms with van der Waals surface area (Å²) < 4.78 is 3.34. The summed E-state index contributed by atoms with van der Waals surface area (Å²) in [7, 11) is 0. The van der Waals surface area contributed by atoms with Crippen LogP contribution in [0.3, 0.4) is 0 Å². The van der Waals surface area contributed by atoms with Crippen molar-refractivity contribution in [3.05, 3.63) is 39.3 Å². The van der Waals surface area contributed by atoms with E-state index in [1.807, 2.05) is 0 Å². The van der Waals surface area contributed by atoms with Crippen molar-refractivity contribution < 1.29 is 0 Å². The Morgan fingerprint density at radius 1 is 1.21 bits per heavy atom. The molecule has 0 aliphatic rings. The third kappa shape index (κ3) is 3.07. The van der Waals surface area contributed by atoms with E-state index in [1.54, 1.807) is 18.0 Å². The van der Waals surface area contributed by atoms with Gasteiger partial charge in [0.05, 0.1) is 22.4 Å². The van der Waals surface area contributed by atoms with Crippen molar-refractivity contribution in [1.29, 1.82) is 0 Å². The van der Waals surface area contributed by atoms with Crippen LogP contribution < -0.4 is 0 Å². The lowest BCUT2D eigenvalue weighted by molar-refractivity contribution is 0.409. The molecular weight excluding hydrogens is 429 g/mol. The first-order valence-electron chi connectivity index (χ1n) is 7.30. The molecule has 126 valence electrons. The number of nitrogens with zero attached hydrogens (tertiary/aromatic N) is 3. The summed E-state index contributed by atoms with van der Waals surface area (Å²) in [5.41, 5.74) is 2.67. The van der Waals surface area contributed by atoms with E-state index in [-0.39, 0.29) is 10.8 Å². The van der Waals surface area contributed by atoms with Crippen molar-refractivity contribution in [3.8, 4) is 11.3 Å². The smallest absolute Gasteiger partial charge is 0.222 e. The van der Waals surface area contributed by atoms with Gasteiger partial charge in [-0.3, -0.25) is 0 Å². The maximum absolute atomic E-state index is 6.35. The average molecular weight is 445 g/mol. The Labute approximate surface area is 163 Å². The molecule has 0 spiro atoms. The van der Waals surface area contributed by atoms with Crippen LogP contribution in [0.5, 0.6) is 0 Å². The number of hydrogen-bond acceptors (Lipinski definition) is 3. The van der Waals surface area contributed by atoms with E-state index < -0.39 is 0 Å². The molecule has 0 amide bonds. The molecule has 0 fully saturated rings. The van der Waals surface area contributed by atoms with Gasteiger partial charge in [-0.15, -0.1) is 11.8 Å². The van der Waals surface area contributed by atoms with Crippen LogP contribution in [0.15, 0.2) is 33.9 Å². The normalized spacial score (nSPS) is 12.1. The molecule has 0 bridgehead atoms. The average Bonchev–Trinajstić information content (AvgIpc) is 2.89. The van der Waals surface area contributed by atoms with E-state index in [1.165, 1.54) is 4.90 Å². The topological polar surface area (TPSA) is 30.7 Å². The second-order valence-corrected chi connectivity index (χ2v) is 8.81. The van der Waals surface area contributed by atoms with Crippen LogP contribution in [-0.4, -0.2) is 20.8 Å². The zero-order chi connectivity index (χ0) is 17.6. The van der Waals surface area contributed by atoms with E-state index in [4.69, 9.17) is 23.2 Å². The van der Waals surface area contributed by atoms with Gasteiger partial charge in [-0.2, -0.15) is 0 Å². The molecule has 3 nitrogen and oxygen atoms in total. The van der Waals surface area contributed by atoms with Crippen molar-refractivity contribution in [2.75, 3.05) is 6.26 Å². The van der Waals surface area contributed by atoms with E-state index in [9.17, 15) is 0 Å². The SMILES string of the molecule is CSc1c(Br)ccc2c(-c3nc(Cl)ncc3Cl)cn(C(C)(C)C)c12. The van der Waals surface area contributed by atoms with Crippen molar-refractivity contribution in [3.63, 3.8) is 0 Å². The molecule has 2 aromatic heterocycles. The quantitative estimate of drug-likeness (QED) is 0.327. The standard InChI is InChI=1S/C17H16BrCl2N3S/c1-17(2,3)23-8-10(13-12(19)7-21-16(20)22-13)9-5-6-11(18)15(24-4)14(9)23/h5-8H,1-4H3. The first-order valence-corrected chi connectivity index (χ1v) is 10.1. The number of thioether (sulfide) groups is 1. The fourth-order valence-electron chi connectivity index (χ4n) is 2.71. The molecule has 3 rings (SSSR count). The highest BCUT2D eigenvalue weighted by Gasteiger charge is 2.24. The van der Waals surface area contributed by atoms with Gasteiger partial charge in [-0.05, 0) is 60.6 Å². The van der Waals surface area contributed by atoms with Crippen LogP contribution in [0.4, 0.5) is 0 Å². The Morgan fingerprint density at radius 2 is 1.92 bits per heavy atom. The van der Waals surface area contributed by atoms with Crippen molar-refractivity contribution in [2.45, 2.75) is 31.2 Å². The largest absolute Gasteiger partial charge is 0.341 e. The van der Waals surface area contributed by atoms with E-state index in [2.05, 4.69) is 75.8 Å². The molecule has 0 aliphatic carbocycles. The Hall–Kier alpha value is -0.750. The number of benzene rings is 1. The summed E-state index contributed by atoms with van der Waals surface area (Å²) in [5, 5.41) is 1.77.